The van der Waals surface area contributed by atoms with Crippen LogP contribution in [0.3, 0.4) is 0 Å². The van der Waals surface area contributed by atoms with Crippen molar-refractivity contribution < 1.29 is 0 Å². The first-order valence-corrected chi connectivity index (χ1v) is 5.34. The first-order chi connectivity index (χ1) is 6.97. The van der Waals surface area contributed by atoms with Crippen LogP contribution in [0.5, 0.6) is 0 Å². The van der Waals surface area contributed by atoms with Gasteiger partial charge in [0.25, 0.3) is 0 Å². The Morgan fingerprint density at radius 2 is 1.80 bits per heavy atom. The minimum Gasteiger partial charge on any atom is -0.256 e. The molecule has 78 valence electrons. The van der Waals surface area contributed by atoms with Crippen molar-refractivity contribution >= 4 is 10.9 Å². The van der Waals surface area contributed by atoms with Crippen molar-refractivity contribution in [3.05, 3.63) is 41.6 Å². The smallest absolute Gasteiger partial charge is 0.0702 e. The lowest BCUT2D eigenvalue weighted by atomic mass is 9.86. The van der Waals surface area contributed by atoms with E-state index < -0.39 is 0 Å². The lowest BCUT2D eigenvalue weighted by Gasteiger charge is -2.19. The summed E-state index contributed by atoms with van der Waals surface area (Å²) in [6.45, 7) is 8.78. The van der Waals surface area contributed by atoms with E-state index in [2.05, 4.69) is 56.9 Å². The monoisotopic (exact) mass is 199 g/mol. The van der Waals surface area contributed by atoms with E-state index in [1.54, 1.807) is 0 Å². The third-order valence-electron chi connectivity index (χ3n) is 2.68. The number of nitrogens with zero attached hydrogens (tertiary/aromatic N) is 1. The van der Waals surface area contributed by atoms with E-state index in [0.29, 0.717) is 0 Å². The number of hydrogen-bond donors (Lipinski definition) is 0. The largest absolute Gasteiger partial charge is 0.256 e. The first-order valence-electron chi connectivity index (χ1n) is 5.34. The zero-order chi connectivity index (χ0) is 11.1. The van der Waals surface area contributed by atoms with Crippen molar-refractivity contribution in [3.8, 4) is 0 Å². The fourth-order valence-corrected chi connectivity index (χ4v) is 1.71. The van der Waals surface area contributed by atoms with Crippen LogP contribution in [-0.4, -0.2) is 4.98 Å². The lowest BCUT2D eigenvalue weighted by molar-refractivity contribution is 0.591. The Labute approximate surface area is 91.2 Å². The maximum atomic E-state index is 4.40. The number of fused-ring (bicyclic) bond motifs is 1. The summed E-state index contributed by atoms with van der Waals surface area (Å²) in [5.41, 5.74) is 3.86. The van der Waals surface area contributed by atoms with Crippen LogP contribution in [0.4, 0.5) is 0 Å². The average Bonchev–Trinajstić information content (AvgIpc) is 2.15. The molecule has 1 aromatic carbocycles. The highest BCUT2D eigenvalue weighted by Gasteiger charge is 2.13. The highest BCUT2D eigenvalue weighted by atomic mass is 14.6. The third kappa shape index (κ3) is 2.01. The first kappa shape index (κ1) is 10.2. The van der Waals surface area contributed by atoms with Crippen LogP contribution >= 0.6 is 0 Å². The fraction of sp³-hybridized carbons (Fsp3) is 0.357. The zero-order valence-corrected chi connectivity index (χ0v) is 9.83. The van der Waals surface area contributed by atoms with E-state index in [-0.39, 0.29) is 5.41 Å². The molecule has 0 aliphatic heterocycles. The number of pyridine rings is 1. The summed E-state index contributed by atoms with van der Waals surface area (Å²) in [6, 6.07) is 8.72. The summed E-state index contributed by atoms with van der Waals surface area (Å²) in [5.74, 6) is 0. The van der Waals surface area contributed by atoms with Gasteiger partial charge in [-0.05, 0) is 41.7 Å². The van der Waals surface area contributed by atoms with Crippen molar-refractivity contribution in [3.63, 3.8) is 0 Å². The van der Waals surface area contributed by atoms with E-state index in [1.165, 1.54) is 16.5 Å². The van der Waals surface area contributed by atoms with Gasteiger partial charge in [0.2, 0.25) is 0 Å². The van der Waals surface area contributed by atoms with Crippen LogP contribution < -0.4 is 0 Å². The van der Waals surface area contributed by atoms with Crippen molar-refractivity contribution in [2.24, 2.45) is 0 Å². The van der Waals surface area contributed by atoms with Gasteiger partial charge < -0.3 is 0 Å². The van der Waals surface area contributed by atoms with Crippen LogP contribution in [0, 0.1) is 6.92 Å². The Balaban J connectivity index is 2.64. The Bertz CT molecular complexity index is 492. The van der Waals surface area contributed by atoms with Gasteiger partial charge in [-0.1, -0.05) is 26.8 Å². The molecule has 0 radical (unpaired) electrons. The van der Waals surface area contributed by atoms with Gasteiger partial charge in [0.05, 0.1) is 5.52 Å². The zero-order valence-electron chi connectivity index (χ0n) is 9.83. The molecule has 1 nitrogen and oxygen atoms in total. The van der Waals surface area contributed by atoms with Gasteiger partial charge in [-0.3, -0.25) is 4.98 Å². The maximum absolute atomic E-state index is 4.40. The fourth-order valence-electron chi connectivity index (χ4n) is 1.71. The molecular formula is C14H17N. The molecule has 1 aromatic heterocycles. The number of hydrogen-bond acceptors (Lipinski definition) is 1. The minimum absolute atomic E-state index is 0.206. The molecule has 2 rings (SSSR count). The van der Waals surface area contributed by atoms with Crippen molar-refractivity contribution in [1.82, 2.24) is 4.98 Å². The summed E-state index contributed by atoms with van der Waals surface area (Å²) in [6.07, 6.45) is 1.92. The van der Waals surface area contributed by atoms with Crippen molar-refractivity contribution in [2.75, 3.05) is 0 Å². The molecule has 0 bridgehead atoms. The Morgan fingerprint density at radius 3 is 2.47 bits per heavy atom. The van der Waals surface area contributed by atoms with Crippen molar-refractivity contribution in [2.45, 2.75) is 33.1 Å². The topological polar surface area (TPSA) is 12.9 Å². The second kappa shape index (κ2) is 3.34. The second-order valence-corrected chi connectivity index (χ2v) is 5.17. The van der Waals surface area contributed by atoms with Gasteiger partial charge >= 0.3 is 0 Å². The van der Waals surface area contributed by atoms with E-state index in [0.717, 1.165) is 5.52 Å². The molecule has 0 aliphatic rings. The third-order valence-corrected chi connectivity index (χ3v) is 2.68. The second-order valence-electron chi connectivity index (χ2n) is 5.17. The number of aryl methyl sites for hydroxylation is 1. The Morgan fingerprint density at radius 1 is 1.07 bits per heavy atom. The highest BCUT2D eigenvalue weighted by Crippen LogP contribution is 2.25. The number of benzene rings is 1. The summed E-state index contributed by atoms with van der Waals surface area (Å²) in [7, 11) is 0. The SMILES string of the molecule is Cc1cnc2ccc(C(C)(C)C)cc2c1. The summed E-state index contributed by atoms with van der Waals surface area (Å²) in [5, 5.41) is 1.24. The molecule has 2 aromatic rings. The van der Waals surface area contributed by atoms with Gasteiger partial charge in [-0.25, -0.2) is 0 Å². The van der Waals surface area contributed by atoms with Crippen molar-refractivity contribution in [1.29, 1.82) is 0 Å². The Hall–Kier alpha value is -1.37. The standard InChI is InChI=1S/C14H17N/c1-10-7-11-8-12(14(2,3)4)5-6-13(11)15-9-10/h5-9H,1-4H3. The molecule has 0 amide bonds. The van der Waals surface area contributed by atoms with Gasteiger partial charge in [0.1, 0.15) is 0 Å². The van der Waals surface area contributed by atoms with Gasteiger partial charge in [0, 0.05) is 11.6 Å². The molecule has 0 atom stereocenters. The van der Waals surface area contributed by atoms with Crippen LogP contribution in [-0.2, 0) is 5.41 Å². The minimum atomic E-state index is 0.206. The van der Waals surface area contributed by atoms with E-state index >= 15 is 0 Å². The molecule has 0 saturated heterocycles. The van der Waals surface area contributed by atoms with Crippen LogP contribution in [0.25, 0.3) is 10.9 Å². The van der Waals surface area contributed by atoms with E-state index in [1.807, 2.05) is 6.20 Å². The summed E-state index contributed by atoms with van der Waals surface area (Å²) in [4.78, 5) is 4.40. The van der Waals surface area contributed by atoms with Gasteiger partial charge in [-0.2, -0.15) is 0 Å². The summed E-state index contributed by atoms with van der Waals surface area (Å²) < 4.78 is 0. The maximum Gasteiger partial charge on any atom is 0.0702 e. The normalized spacial score (nSPS) is 12.0. The molecule has 0 N–H and O–H groups in total. The quantitative estimate of drug-likeness (QED) is 0.628. The molecule has 0 spiro atoms. The molecule has 0 unspecified atom stereocenters. The van der Waals surface area contributed by atoms with E-state index in [9.17, 15) is 0 Å². The molecule has 1 heteroatoms. The number of rotatable bonds is 0. The van der Waals surface area contributed by atoms with Gasteiger partial charge in [0.15, 0.2) is 0 Å². The molecule has 1 heterocycles. The molecule has 0 fully saturated rings. The predicted octanol–water partition coefficient (Wildman–Crippen LogP) is 3.84. The van der Waals surface area contributed by atoms with Crippen LogP contribution in [0.15, 0.2) is 30.5 Å². The van der Waals surface area contributed by atoms with Gasteiger partial charge in [-0.15, -0.1) is 0 Å². The predicted molar refractivity (Wildman–Crippen MR) is 65.2 cm³/mol. The molecule has 15 heavy (non-hydrogen) atoms. The van der Waals surface area contributed by atoms with Crippen LogP contribution in [0.1, 0.15) is 31.9 Å². The summed E-state index contributed by atoms with van der Waals surface area (Å²) >= 11 is 0. The van der Waals surface area contributed by atoms with E-state index in [4.69, 9.17) is 0 Å². The number of aromatic nitrogens is 1. The Kier molecular flexibility index (Phi) is 2.26. The average molecular weight is 199 g/mol. The molecule has 0 saturated carbocycles. The van der Waals surface area contributed by atoms with Crippen LogP contribution in [0.2, 0.25) is 0 Å². The molecule has 0 aliphatic carbocycles. The lowest BCUT2D eigenvalue weighted by Crippen LogP contribution is -2.10. The highest BCUT2D eigenvalue weighted by molar-refractivity contribution is 5.79. The molecular weight excluding hydrogens is 182 g/mol.